The standard InChI is InChI=1S/C9H13.C4H10N.2ClH.H3Si.Ti/c1-6-5-7(2)9(4)8(6)3;1-4(2,3)5;;;;/h5H,1-4H3;5H,1-3H3;2*1H;1H3;/q;-1;;;;+3/p-2. The molecule has 0 aromatic heterocycles. The normalized spacial score (nSPS) is 23.4. The van der Waals surface area contributed by atoms with Gasteiger partial charge in [-0.05, 0) is 0 Å². The summed E-state index contributed by atoms with van der Waals surface area (Å²) in [6, 6.07) is 0. The minimum Gasteiger partial charge on any atom is -1.00 e. The zero-order valence-electron chi connectivity index (χ0n) is 12.8. The first-order valence-corrected chi connectivity index (χ1v) is 13.3. The Kier molecular flexibility index (Phi) is 8.38. The van der Waals surface area contributed by atoms with Crippen molar-refractivity contribution in [1.29, 1.82) is 0 Å². The Hall–Kier alpha value is 0.951. The fourth-order valence-electron chi connectivity index (χ4n) is 2.42. The van der Waals surface area contributed by atoms with Crippen molar-refractivity contribution in [3.8, 4) is 0 Å². The van der Waals surface area contributed by atoms with E-state index in [1.165, 1.54) is 19.3 Å². The van der Waals surface area contributed by atoms with Gasteiger partial charge in [-0.1, -0.05) is 0 Å². The van der Waals surface area contributed by atoms with Crippen LogP contribution in [0, 0.1) is 0 Å². The summed E-state index contributed by atoms with van der Waals surface area (Å²) < 4.78 is 4.32. The maximum absolute atomic E-state index is 3.92. The molecule has 0 aromatic rings. The summed E-state index contributed by atoms with van der Waals surface area (Å²) in [7, 11) is 1.33. The van der Waals surface area contributed by atoms with Crippen LogP contribution >= 0.6 is 0 Å². The quantitative estimate of drug-likeness (QED) is 0.518. The summed E-state index contributed by atoms with van der Waals surface area (Å²) in [4.78, 5) is 0. The molecule has 5 heteroatoms. The monoisotopic (exact) mass is 342 g/mol. The minimum absolute atomic E-state index is 0. The first kappa shape index (κ1) is 21.3. The van der Waals surface area contributed by atoms with Gasteiger partial charge in [0.1, 0.15) is 0 Å². The molecule has 0 radical (unpaired) electrons. The fraction of sp³-hybridized carbons (Fsp3) is 0.692. The van der Waals surface area contributed by atoms with E-state index in [1.807, 2.05) is 0 Å². The molecule has 1 nitrogen and oxygen atoms in total. The van der Waals surface area contributed by atoms with Gasteiger partial charge < -0.3 is 24.8 Å². The van der Waals surface area contributed by atoms with Gasteiger partial charge in [-0.15, -0.1) is 0 Å². The van der Waals surface area contributed by atoms with Crippen LogP contribution in [0.25, 0.3) is 0 Å². The van der Waals surface area contributed by atoms with Crippen LogP contribution in [0.15, 0.2) is 22.8 Å². The third-order valence-corrected chi connectivity index (χ3v) is 14.1. The minimum atomic E-state index is -1.17. The third-order valence-electron chi connectivity index (χ3n) is 3.78. The second-order valence-electron chi connectivity index (χ2n) is 6.28. The Labute approximate surface area is 134 Å². The van der Waals surface area contributed by atoms with E-state index in [0.29, 0.717) is 3.72 Å². The largest absolute Gasteiger partial charge is 1.00 e. The number of rotatable bonds is 2. The van der Waals surface area contributed by atoms with E-state index < -0.39 is 17.4 Å². The van der Waals surface area contributed by atoms with Gasteiger partial charge in [-0.2, -0.15) is 0 Å². The van der Waals surface area contributed by atoms with Gasteiger partial charge in [0.25, 0.3) is 0 Å². The molecule has 0 bridgehead atoms. The molecule has 0 saturated heterocycles. The predicted octanol–water partition coefficient (Wildman–Crippen LogP) is -3.33. The Bertz CT molecular complexity index is 360. The van der Waals surface area contributed by atoms with E-state index >= 15 is 0 Å². The van der Waals surface area contributed by atoms with Gasteiger partial charge in [-0.25, -0.2) is 0 Å². The van der Waals surface area contributed by atoms with E-state index in [9.17, 15) is 0 Å². The molecule has 1 aliphatic rings. The molecular weight excluding hydrogens is 317 g/mol. The number of hydrogen-bond donors (Lipinski definition) is 1. The molecule has 1 rings (SSSR count). The predicted molar refractivity (Wildman–Crippen MR) is 73.3 cm³/mol. The van der Waals surface area contributed by atoms with Crippen molar-refractivity contribution in [3.63, 3.8) is 0 Å². The molecule has 1 N–H and O–H groups in total. The topological polar surface area (TPSA) is 12.0 Å². The summed E-state index contributed by atoms with van der Waals surface area (Å²) in [5.41, 5.74) is 4.92. The molecule has 1 atom stereocenters. The van der Waals surface area contributed by atoms with Crippen LogP contribution in [0.1, 0.15) is 48.5 Å². The summed E-state index contributed by atoms with van der Waals surface area (Å²) in [5.74, 6) is 0. The zero-order chi connectivity index (χ0) is 12.7. The molecule has 0 spiro atoms. The zero-order valence-corrected chi connectivity index (χ0v) is 17.9. The number of hydrogen-bond acceptors (Lipinski definition) is 1. The fourth-order valence-corrected chi connectivity index (χ4v) is 11.7. The van der Waals surface area contributed by atoms with Gasteiger partial charge in [-0.3, -0.25) is 0 Å². The Balaban J connectivity index is 0. The second-order valence-corrected chi connectivity index (χ2v) is 14.4. The van der Waals surface area contributed by atoms with Crippen molar-refractivity contribution in [3.05, 3.63) is 22.8 Å². The van der Waals surface area contributed by atoms with Crippen LogP contribution in [0.2, 0.25) is 3.72 Å². The average molecular weight is 343 g/mol. The van der Waals surface area contributed by atoms with Crippen LogP contribution in [0.5, 0.6) is 0 Å². The first-order valence-electron chi connectivity index (χ1n) is 6.08. The molecule has 1 aliphatic carbocycles. The molecule has 0 saturated carbocycles. The first-order chi connectivity index (χ1) is 7.08. The Morgan fingerprint density at radius 2 is 1.61 bits per heavy atom. The van der Waals surface area contributed by atoms with Crippen molar-refractivity contribution < 1.29 is 42.2 Å². The average Bonchev–Trinajstić information content (AvgIpc) is 2.29. The summed E-state index contributed by atoms with van der Waals surface area (Å²) >= 11 is -1.17. The third kappa shape index (κ3) is 4.50. The molecule has 0 amide bonds. The number of nitrogens with one attached hydrogen (secondary N) is 1. The maximum atomic E-state index is 3.92. The molecule has 1 unspecified atom stereocenters. The SMILES string of the molecule is CC1=C[C](C)([Ti+2]([SiH3])[NH]C(C)(C)C)C(C)=C1C.[Cl-].[Cl-]. The van der Waals surface area contributed by atoms with Crippen LogP contribution in [-0.2, 0) is 17.4 Å². The number of allylic oxidation sites excluding steroid dienone is 4. The van der Waals surface area contributed by atoms with Crippen molar-refractivity contribution in [1.82, 2.24) is 3.80 Å². The smallest absolute Gasteiger partial charge is 1.00 e. The van der Waals surface area contributed by atoms with E-state index in [1.54, 1.807) is 5.57 Å². The molecule has 18 heavy (non-hydrogen) atoms. The molecule has 0 aliphatic heterocycles. The van der Waals surface area contributed by atoms with Gasteiger partial charge in [0.15, 0.2) is 0 Å². The van der Waals surface area contributed by atoms with Crippen LogP contribution in [0.3, 0.4) is 0 Å². The summed E-state index contributed by atoms with van der Waals surface area (Å²) in [5, 5.41) is 0. The van der Waals surface area contributed by atoms with E-state index in [2.05, 4.69) is 58.3 Å². The van der Waals surface area contributed by atoms with Crippen LogP contribution in [0.4, 0.5) is 0 Å². The molecule has 0 aromatic carbocycles. The van der Waals surface area contributed by atoms with Crippen LogP contribution < -0.4 is 28.6 Å². The van der Waals surface area contributed by atoms with Crippen molar-refractivity contribution in [2.75, 3.05) is 0 Å². The van der Waals surface area contributed by atoms with E-state index in [4.69, 9.17) is 0 Å². The van der Waals surface area contributed by atoms with E-state index in [-0.39, 0.29) is 30.4 Å². The Morgan fingerprint density at radius 1 is 1.17 bits per heavy atom. The van der Waals surface area contributed by atoms with Gasteiger partial charge >= 0.3 is 110 Å². The maximum Gasteiger partial charge on any atom is -1.00 e. The Morgan fingerprint density at radius 3 is 1.89 bits per heavy atom. The molecular formula is C13H26Cl2NSiTi. The summed E-state index contributed by atoms with van der Waals surface area (Å²) in [6.45, 7) is 16.2. The second kappa shape index (κ2) is 7.10. The van der Waals surface area contributed by atoms with Gasteiger partial charge in [0.05, 0.1) is 0 Å². The molecule has 0 fully saturated rings. The molecule has 0 heterocycles. The van der Waals surface area contributed by atoms with Gasteiger partial charge in [0.2, 0.25) is 0 Å². The van der Waals surface area contributed by atoms with Crippen molar-refractivity contribution >= 4 is 8.11 Å². The van der Waals surface area contributed by atoms with E-state index in [0.717, 1.165) is 0 Å². The van der Waals surface area contributed by atoms with Crippen molar-refractivity contribution in [2.45, 2.75) is 57.7 Å². The number of halogens is 2. The summed E-state index contributed by atoms with van der Waals surface area (Å²) in [6.07, 6.45) is 2.53. The van der Waals surface area contributed by atoms with Gasteiger partial charge in [0, 0.05) is 0 Å². The molecule has 105 valence electrons. The van der Waals surface area contributed by atoms with Crippen LogP contribution in [-0.4, -0.2) is 13.6 Å². The van der Waals surface area contributed by atoms with Crippen molar-refractivity contribution in [2.24, 2.45) is 0 Å².